The second-order valence-electron chi connectivity index (χ2n) is 4.16. The van der Waals surface area contributed by atoms with Crippen LogP contribution in [-0.4, -0.2) is 25.2 Å². The zero-order valence-electron chi connectivity index (χ0n) is 10.9. The smallest absolute Gasteiger partial charge is 0.328 e. The normalized spacial score (nSPS) is 11.7. The molecule has 0 radical (unpaired) electrons. The highest BCUT2D eigenvalue weighted by Gasteiger charge is 2.09. The summed E-state index contributed by atoms with van der Waals surface area (Å²) in [5.41, 5.74) is 2.02. The van der Waals surface area contributed by atoms with Crippen molar-refractivity contribution in [1.29, 1.82) is 0 Å². The van der Waals surface area contributed by atoms with Gasteiger partial charge >= 0.3 is 5.97 Å². The van der Waals surface area contributed by atoms with Gasteiger partial charge in [0.25, 0.3) is 0 Å². The van der Waals surface area contributed by atoms with Crippen molar-refractivity contribution in [2.24, 2.45) is 0 Å². The maximum atomic E-state index is 11.6. The predicted molar refractivity (Wildman–Crippen MR) is 75.5 cm³/mol. The topological polar surface area (TPSA) is 83.5 Å². The van der Waals surface area contributed by atoms with E-state index < -0.39 is 16.0 Å². The van der Waals surface area contributed by atoms with Crippen molar-refractivity contribution < 1.29 is 18.3 Å². The highest BCUT2D eigenvalue weighted by Crippen LogP contribution is 2.17. The van der Waals surface area contributed by atoms with Crippen molar-refractivity contribution in [2.45, 2.75) is 20.3 Å². The van der Waals surface area contributed by atoms with Gasteiger partial charge in [-0.15, -0.1) is 0 Å². The van der Waals surface area contributed by atoms with Gasteiger partial charge in [0.05, 0.1) is 5.75 Å². The lowest BCUT2D eigenvalue weighted by molar-refractivity contribution is -0.131. The van der Waals surface area contributed by atoms with Gasteiger partial charge < -0.3 is 5.11 Å². The molecule has 0 saturated heterocycles. The summed E-state index contributed by atoms with van der Waals surface area (Å²) in [5, 5.41) is 8.55. The SMILES string of the molecule is CCCS(=O)(=O)Nc1ccc(/C=C/C(=O)O)c(C)c1. The number of aryl methyl sites for hydroxylation is 1. The lowest BCUT2D eigenvalue weighted by Gasteiger charge is -2.09. The van der Waals surface area contributed by atoms with E-state index in [1.165, 1.54) is 6.08 Å². The van der Waals surface area contributed by atoms with Gasteiger partial charge in [0.2, 0.25) is 10.0 Å². The van der Waals surface area contributed by atoms with E-state index in [0.29, 0.717) is 12.1 Å². The number of carboxylic acid groups (broad SMARTS) is 1. The summed E-state index contributed by atoms with van der Waals surface area (Å²) in [4.78, 5) is 10.4. The Morgan fingerprint density at radius 2 is 2.11 bits per heavy atom. The van der Waals surface area contributed by atoms with Crippen molar-refractivity contribution in [3.63, 3.8) is 0 Å². The van der Waals surface area contributed by atoms with E-state index in [1.807, 2.05) is 0 Å². The predicted octanol–water partition coefficient (Wildman–Crippen LogP) is 2.24. The Morgan fingerprint density at radius 1 is 1.42 bits per heavy atom. The van der Waals surface area contributed by atoms with Gasteiger partial charge in [0.15, 0.2) is 0 Å². The molecule has 19 heavy (non-hydrogen) atoms. The first kappa shape index (κ1) is 15.2. The number of benzene rings is 1. The average Bonchev–Trinajstić information content (AvgIpc) is 2.26. The number of rotatable bonds is 6. The van der Waals surface area contributed by atoms with Crippen LogP contribution >= 0.6 is 0 Å². The third-order valence-electron chi connectivity index (χ3n) is 2.42. The minimum atomic E-state index is -3.30. The fourth-order valence-electron chi connectivity index (χ4n) is 1.59. The van der Waals surface area contributed by atoms with Gasteiger partial charge in [0, 0.05) is 11.8 Å². The molecule has 1 aromatic rings. The van der Waals surface area contributed by atoms with Crippen LogP contribution in [0, 0.1) is 6.92 Å². The van der Waals surface area contributed by atoms with Crippen LogP contribution in [0.25, 0.3) is 6.08 Å². The zero-order valence-corrected chi connectivity index (χ0v) is 11.7. The molecule has 1 aromatic carbocycles. The Kier molecular flexibility index (Phi) is 5.11. The Morgan fingerprint density at radius 3 is 2.63 bits per heavy atom. The van der Waals surface area contributed by atoms with Crippen LogP contribution in [0.5, 0.6) is 0 Å². The molecule has 0 spiro atoms. The van der Waals surface area contributed by atoms with E-state index >= 15 is 0 Å². The van der Waals surface area contributed by atoms with Crippen LogP contribution < -0.4 is 4.72 Å². The number of carbonyl (C=O) groups is 1. The monoisotopic (exact) mass is 283 g/mol. The second-order valence-corrected chi connectivity index (χ2v) is 6.01. The Labute approximate surface area is 113 Å². The molecule has 0 fully saturated rings. The number of carboxylic acids is 1. The Hall–Kier alpha value is -1.82. The van der Waals surface area contributed by atoms with E-state index in [2.05, 4.69) is 4.72 Å². The first-order chi connectivity index (χ1) is 8.84. The van der Waals surface area contributed by atoms with Crippen molar-refractivity contribution in [3.05, 3.63) is 35.4 Å². The van der Waals surface area contributed by atoms with Gasteiger partial charge in [0.1, 0.15) is 0 Å². The zero-order chi connectivity index (χ0) is 14.5. The van der Waals surface area contributed by atoms with Gasteiger partial charge in [-0.1, -0.05) is 13.0 Å². The fourth-order valence-corrected chi connectivity index (χ4v) is 2.71. The molecule has 5 nitrogen and oxygen atoms in total. The molecule has 0 bridgehead atoms. The molecular formula is C13H17NO4S. The van der Waals surface area contributed by atoms with Crippen molar-refractivity contribution in [2.75, 3.05) is 10.5 Å². The number of anilines is 1. The van der Waals surface area contributed by atoms with E-state index in [4.69, 9.17) is 5.11 Å². The number of hydrogen-bond acceptors (Lipinski definition) is 3. The number of sulfonamides is 1. The molecule has 0 heterocycles. The molecular weight excluding hydrogens is 266 g/mol. The quantitative estimate of drug-likeness (QED) is 0.784. The Balaban J connectivity index is 2.91. The molecule has 0 aromatic heterocycles. The summed E-state index contributed by atoms with van der Waals surface area (Å²) >= 11 is 0. The van der Waals surface area contributed by atoms with Crippen molar-refractivity contribution in [1.82, 2.24) is 0 Å². The summed E-state index contributed by atoms with van der Waals surface area (Å²) in [6.07, 6.45) is 3.07. The van der Waals surface area contributed by atoms with Crippen LogP contribution in [0.2, 0.25) is 0 Å². The van der Waals surface area contributed by atoms with E-state index in [9.17, 15) is 13.2 Å². The Bertz CT molecular complexity index is 591. The fraction of sp³-hybridized carbons (Fsp3) is 0.308. The minimum Gasteiger partial charge on any atom is -0.478 e. The molecule has 104 valence electrons. The lowest BCUT2D eigenvalue weighted by atomic mass is 10.1. The third-order valence-corrected chi connectivity index (χ3v) is 3.91. The molecule has 0 unspecified atom stereocenters. The molecule has 0 aliphatic heterocycles. The lowest BCUT2D eigenvalue weighted by Crippen LogP contribution is -2.16. The minimum absolute atomic E-state index is 0.0761. The number of hydrogen-bond donors (Lipinski definition) is 2. The van der Waals surface area contributed by atoms with Crippen molar-refractivity contribution >= 4 is 27.8 Å². The van der Waals surface area contributed by atoms with Crippen LogP contribution in [0.4, 0.5) is 5.69 Å². The van der Waals surface area contributed by atoms with E-state index in [-0.39, 0.29) is 5.75 Å². The number of aliphatic carboxylic acids is 1. The van der Waals surface area contributed by atoms with Crippen LogP contribution in [0.1, 0.15) is 24.5 Å². The largest absolute Gasteiger partial charge is 0.478 e. The molecule has 0 saturated carbocycles. The molecule has 0 aliphatic rings. The summed E-state index contributed by atoms with van der Waals surface area (Å²) in [6.45, 7) is 3.59. The van der Waals surface area contributed by atoms with Crippen LogP contribution in [-0.2, 0) is 14.8 Å². The molecule has 0 amide bonds. The first-order valence-electron chi connectivity index (χ1n) is 5.86. The summed E-state index contributed by atoms with van der Waals surface area (Å²) in [6, 6.07) is 4.97. The van der Waals surface area contributed by atoms with Gasteiger partial charge in [-0.25, -0.2) is 13.2 Å². The van der Waals surface area contributed by atoms with Gasteiger partial charge in [-0.2, -0.15) is 0 Å². The highest BCUT2D eigenvalue weighted by atomic mass is 32.2. The van der Waals surface area contributed by atoms with E-state index in [1.54, 1.807) is 32.0 Å². The standard InChI is InChI=1S/C13H17NO4S/c1-3-8-19(17,18)14-12-6-4-11(10(2)9-12)5-7-13(15)16/h4-7,9,14H,3,8H2,1-2H3,(H,15,16)/b7-5+. The molecule has 0 aliphatic carbocycles. The van der Waals surface area contributed by atoms with Crippen molar-refractivity contribution in [3.8, 4) is 0 Å². The van der Waals surface area contributed by atoms with Crippen LogP contribution in [0.3, 0.4) is 0 Å². The summed E-state index contributed by atoms with van der Waals surface area (Å²) < 4.78 is 25.7. The molecule has 6 heteroatoms. The molecule has 1 rings (SSSR count). The average molecular weight is 283 g/mol. The first-order valence-corrected chi connectivity index (χ1v) is 7.51. The van der Waals surface area contributed by atoms with E-state index in [0.717, 1.165) is 17.2 Å². The number of nitrogens with one attached hydrogen (secondary N) is 1. The van der Waals surface area contributed by atoms with Crippen LogP contribution in [0.15, 0.2) is 24.3 Å². The second kappa shape index (κ2) is 6.38. The summed E-state index contributed by atoms with van der Waals surface area (Å²) in [5.74, 6) is -0.945. The van der Waals surface area contributed by atoms with Gasteiger partial charge in [-0.05, 0) is 42.7 Å². The van der Waals surface area contributed by atoms with Gasteiger partial charge in [-0.3, -0.25) is 4.72 Å². The molecule has 0 atom stereocenters. The summed E-state index contributed by atoms with van der Waals surface area (Å²) in [7, 11) is -3.30. The highest BCUT2D eigenvalue weighted by molar-refractivity contribution is 7.92. The third kappa shape index (κ3) is 5.13. The molecule has 2 N–H and O–H groups in total. The maximum absolute atomic E-state index is 11.6. The maximum Gasteiger partial charge on any atom is 0.328 e.